The van der Waals surface area contributed by atoms with Crippen LogP contribution in [0, 0.1) is 17.8 Å². The van der Waals surface area contributed by atoms with E-state index in [1.165, 1.54) is 56.6 Å². The van der Waals surface area contributed by atoms with Gasteiger partial charge in [-0.25, -0.2) is 4.79 Å². The summed E-state index contributed by atoms with van der Waals surface area (Å²) in [7, 11) is -1.50. The minimum Gasteiger partial charge on any atom is -0.462 e. The van der Waals surface area contributed by atoms with Crippen LogP contribution < -0.4 is 5.19 Å². The van der Waals surface area contributed by atoms with E-state index in [0.29, 0.717) is 12.2 Å². The van der Waals surface area contributed by atoms with Crippen LogP contribution in [0.2, 0.25) is 19.1 Å². The molecule has 2 nitrogen and oxygen atoms in total. The summed E-state index contributed by atoms with van der Waals surface area (Å²) in [6.07, 6.45) is 12.5. The molecule has 3 rings (SSSR count). The van der Waals surface area contributed by atoms with Gasteiger partial charge in [-0.15, -0.1) is 0 Å². The van der Waals surface area contributed by atoms with Crippen molar-refractivity contribution in [1.82, 2.24) is 0 Å². The fourth-order valence-corrected chi connectivity index (χ4v) is 8.22. The van der Waals surface area contributed by atoms with Crippen LogP contribution in [0.25, 0.3) is 0 Å². The molecule has 0 unspecified atom stereocenters. The van der Waals surface area contributed by atoms with E-state index in [-0.39, 0.29) is 5.97 Å². The van der Waals surface area contributed by atoms with Crippen molar-refractivity contribution >= 4 is 19.2 Å². The van der Waals surface area contributed by atoms with E-state index < -0.39 is 8.07 Å². The van der Waals surface area contributed by atoms with E-state index in [0.717, 1.165) is 36.1 Å². The van der Waals surface area contributed by atoms with Gasteiger partial charge in [0.05, 0.1) is 14.7 Å². The number of ether oxygens (including phenoxy) is 1. The van der Waals surface area contributed by atoms with Crippen LogP contribution in [0.5, 0.6) is 0 Å². The molecule has 0 spiro atoms. The van der Waals surface area contributed by atoms with Gasteiger partial charge in [-0.05, 0) is 81.1 Å². The van der Waals surface area contributed by atoms with Crippen molar-refractivity contribution in [3.05, 3.63) is 42.0 Å². The van der Waals surface area contributed by atoms with Gasteiger partial charge < -0.3 is 4.74 Å². The molecule has 2 aliphatic carbocycles. The van der Waals surface area contributed by atoms with Crippen molar-refractivity contribution < 1.29 is 9.53 Å². The van der Waals surface area contributed by atoms with E-state index >= 15 is 0 Å². The van der Waals surface area contributed by atoms with E-state index in [9.17, 15) is 4.79 Å². The predicted molar refractivity (Wildman–Crippen MR) is 135 cm³/mol. The molecule has 3 heteroatoms. The summed E-state index contributed by atoms with van der Waals surface area (Å²) in [5, 5.41) is 1.52. The minimum atomic E-state index is -1.50. The van der Waals surface area contributed by atoms with Crippen LogP contribution in [0.1, 0.15) is 83.1 Å². The summed E-state index contributed by atoms with van der Waals surface area (Å²) in [5.74, 6) is 3.47. The summed E-state index contributed by atoms with van der Waals surface area (Å²) in [6, 6.07) is 10.8. The lowest BCUT2D eigenvalue weighted by Crippen LogP contribution is -2.41. The smallest absolute Gasteiger partial charge is 0.333 e. The largest absolute Gasteiger partial charge is 0.462 e. The Balaban J connectivity index is 1.46. The number of carbonyl (C=O) groups is 1. The van der Waals surface area contributed by atoms with Crippen LogP contribution in [-0.4, -0.2) is 20.7 Å². The summed E-state index contributed by atoms with van der Waals surface area (Å²) >= 11 is 0. The van der Waals surface area contributed by atoms with Crippen molar-refractivity contribution in [3.63, 3.8) is 0 Å². The molecule has 0 aliphatic heterocycles. The minimum absolute atomic E-state index is 0.267. The molecule has 0 atom stereocenters. The molecule has 0 N–H and O–H groups in total. The number of hydrogen-bond acceptors (Lipinski definition) is 2. The zero-order valence-electron chi connectivity index (χ0n) is 20.4. The molecule has 0 aromatic heterocycles. The third kappa shape index (κ3) is 6.81. The number of hydrogen-bond donors (Lipinski definition) is 0. The van der Waals surface area contributed by atoms with Crippen molar-refractivity contribution in [2.45, 2.75) is 96.7 Å². The van der Waals surface area contributed by atoms with Crippen molar-refractivity contribution in [2.24, 2.45) is 17.8 Å². The summed E-state index contributed by atoms with van der Waals surface area (Å²) in [4.78, 5) is 11.5. The molecule has 1 aromatic rings. The van der Waals surface area contributed by atoms with Gasteiger partial charge in [-0.3, -0.25) is 0 Å². The van der Waals surface area contributed by atoms with Gasteiger partial charge in [0.25, 0.3) is 0 Å². The molecule has 0 bridgehead atoms. The zero-order valence-corrected chi connectivity index (χ0v) is 21.4. The molecule has 0 heterocycles. The number of esters is 1. The molecule has 31 heavy (non-hydrogen) atoms. The van der Waals surface area contributed by atoms with Gasteiger partial charge in [-0.1, -0.05) is 74.9 Å². The highest BCUT2D eigenvalue weighted by molar-refractivity contribution is 6.89. The molecule has 0 saturated heterocycles. The molecule has 2 fully saturated rings. The average Bonchev–Trinajstić information content (AvgIpc) is 2.77. The van der Waals surface area contributed by atoms with Gasteiger partial charge in [0.15, 0.2) is 0 Å². The SMILES string of the molecule is C=C(C)C(=O)OCCC[Si](C)(C)c1ccc(C2CCC(C3CCC(C)CC3)CC2)cc1. The van der Waals surface area contributed by atoms with Crippen LogP contribution in [0.4, 0.5) is 0 Å². The highest BCUT2D eigenvalue weighted by Crippen LogP contribution is 2.43. The standard InChI is InChI=1S/C28H44O2Si/c1-21(2)28(29)30-19-6-20-31(4,5)27-17-15-26(16-18-27)25-13-11-24(12-14-25)23-9-7-22(3)8-10-23/h15-18,22-25H,1,6-14,19-20H2,2-5H3. The van der Waals surface area contributed by atoms with Gasteiger partial charge in [-0.2, -0.15) is 0 Å². The van der Waals surface area contributed by atoms with Crippen LogP contribution in [-0.2, 0) is 9.53 Å². The maximum Gasteiger partial charge on any atom is 0.333 e. The Kier molecular flexibility index (Phi) is 8.61. The molecule has 172 valence electrons. The maximum absolute atomic E-state index is 11.5. The summed E-state index contributed by atoms with van der Waals surface area (Å²) < 4.78 is 5.27. The first-order chi connectivity index (χ1) is 14.8. The average molecular weight is 441 g/mol. The third-order valence-corrected chi connectivity index (χ3v) is 11.7. The Labute approximate surface area is 191 Å². The summed E-state index contributed by atoms with van der Waals surface area (Å²) in [5.41, 5.74) is 2.04. The molecule has 0 amide bonds. The van der Waals surface area contributed by atoms with E-state index in [1.54, 1.807) is 12.5 Å². The fourth-order valence-electron chi connectivity index (χ4n) is 5.83. The first-order valence-corrected chi connectivity index (χ1v) is 15.9. The topological polar surface area (TPSA) is 26.3 Å². The molecule has 2 saturated carbocycles. The Hall–Kier alpha value is -1.35. The van der Waals surface area contributed by atoms with Crippen molar-refractivity contribution in [2.75, 3.05) is 6.61 Å². The second-order valence-corrected chi connectivity index (χ2v) is 16.0. The molecule has 1 aromatic carbocycles. The number of rotatable bonds is 8. The molecular weight excluding hydrogens is 396 g/mol. The first kappa shape index (κ1) is 24.3. The van der Waals surface area contributed by atoms with Gasteiger partial charge >= 0.3 is 5.97 Å². The normalized spacial score (nSPS) is 27.0. The van der Waals surface area contributed by atoms with E-state index in [4.69, 9.17) is 4.74 Å². The number of carbonyl (C=O) groups excluding carboxylic acids is 1. The molecular formula is C28H44O2Si. The Bertz CT molecular complexity index is 720. The lowest BCUT2D eigenvalue weighted by molar-refractivity contribution is -0.138. The van der Waals surface area contributed by atoms with Crippen molar-refractivity contribution in [3.8, 4) is 0 Å². The third-order valence-electron chi connectivity index (χ3n) is 8.19. The quantitative estimate of drug-likeness (QED) is 0.185. The van der Waals surface area contributed by atoms with Gasteiger partial charge in [0.2, 0.25) is 0 Å². The highest BCUT2D eigenvalue weighted by Gasteiger charge is 2.30. The number of benzene rings is 1. The van der Waals surface area contributed by atoms with E-state index in [1.807, 2.05) is 0 Å². The van der Waals surface area contributed by atoms with Gasteiger partial charge in [0, 0.05) is 5.57 Å². The second kappa shape index (κ2) is 11.0. The zero-order chi connectivity index (χ0) is 22.4. The second-order valence-electron chi connectivity index (χ2n) is 11.2. The lowest BCUT2D eigenvalue weighted by atomic mass is 9.68. The van der Waals surface area contributed by atoms with E-state index in [2.05, 4.69) is 50.9 Å². The molecule has 0 radical (unpaired) electrons. The van der Waals surface area contributed by atoms with Crippen molar-refractivity contribution in [1.29, 1.82) is 0 Å². The Morgan fingerprint density at radius 3 is 2.06 bits per heavy atom. The maximum atomic E-state index is 11.5. The fraction of sp³-hybridized carbons (Fsp3) is 0.679. The van der Waals surface area contributed by atoms with Crippen LogP contribution >= 0.6 is 0 Å². The van der Waals surface area contributed by atoms with Crippen LogP contribution in [0.15, 0.2) is 36.4 Å². The molecule has 2 aliphatic rings. The predicted octanol–water partition coefficient (Wildman–Crippen LogP) is 7.21. The Morgan fingerprint density at radius 1 is 0.968 bits per heavy atom. The Morgan fingerprint density at radius 2 is 1.52 bits per heavy atom. The van der Waals surface area contributed by atoms with Crippen LogP contribution in [0.3, 0.4) is 0 Å². The highest BCUT2D eigenvalue weighted by atomic mass is 28.3. The first-order valence-electron chi connectivity index (χ1n) is 12.7. The monoisotopic (exact) mass is 440 g/mol. The lowest BCUT2D eigenvalue weighted by Gasteiger charge is -2.37. The van der Waals surface area contributed by atoms with Gasteiger partial charge in [0.1, 0.15) is 0 Å². The summed E-state index contributed by atoms with van der Waals surface area (Å²) in [6.45, 7) is 13.1.